The van der Waals surface area contributed by atoms with Crippen molar-refractivity contribution in [3.8, 4) is 0 Å². The summed E-state index contributed by atoms with van der Waals surface area (Å²) in [4.78, 5) is 2.64. The predicted molar refractivity (Wildman–Crippen MR) is 79.7 cm³/mol. The molecule has 2 atom stereocenters. The Labute approximate surface area is 114 Å². The molecule has 0 spiro atoms. The smallest absolute Gasteiger partial charge is 0.0405 e. The summed E-state index contributed by atoms with van der Waals surface area (Å²) in [6, 6.07) is 20.7. The highest BCUT2D eigenvalue weighted by Crippen LogP contribution is 2.46. The van der Waals surface area contributed by atoms with Crippen molar-refractivity contribution in [1.29, 1.82) is 0 Å². The fourth-order valence-electron chi connectivity index (χ4n) is 3.89. The minimum absolute atomic E-state index is 0.682. The lowest BCUT2D eigenvalue weighted by atomic mass is 9.87. The predicted octanol–water partition coefficient (Wildman–Crippen LogP) is 4.00. The van der Waals surface area contributed by atoms with E-state index in [1.54, 1.807) is 5.56 Å². The molecule has 96 valence electrons. The number of para-hydroxylation sites is 1. The molecule has 4 rings (SSSR count). The number of nitrogens with zero attached hydrogens (tertiary/aromatic N) is 1. The van der Waals surface area contributed by atoms with Crippen LogP contribution >= 0.6 is 0 Å². The number of benzene rings is 2. The Balaban J connectivity index is 1.71. The molecule has 1 nitrogen and oxygen atoms in total. The van der Waals surface area contributed by atoms with Gasteiger partial charge in [-0.15, -0.1) is 0 Å². The van der Waals surface area contributed by atoms with Crippen LogP contribution in [0, 0.1) is 0 Å². The minimum atomic E-state index is 0.682. The number of anilines is 1. The van der Waals surface area contributed by atoms with Crippen molar-refractivity contribution < 1.29 is 0 Å². The largest absolute Gasteiger partial charge is 0.368 e. The minimum Gasteiger partial charge on any atom is -0.368 e. The lowest BCUT2D eigenvalue weighted by Crippen LogP contribution is -2.28. The molecule has 1 saturated heterocycles. The van der Waals surface area contributed by atoms with Crippen LogP contribution in [0.25, 0.3) is 0 Å². The zero-order valence-corrected chi connectivity index (χ0v) is 11.1. The van der Waals surface area contributed by atoms with Crippen molar-refractivity contribution in [3.63, 3.8) is 0 Å². The van der Waals surface area contributed by atoms with Crippen molar-refractivity contribution in [2.75, 3.05) is 11.4 Å². The van der Waals surface area contributed by atoms with Gasteiger partial charge in [-0.2, -0.15) is 0 Å². The van der Waals surface area contributed by atoms with Gasteiger partial charge in [-0.1, -0.05) is 48.5 Å². The molecule has 0 radical (unpaired) electrons. The van der Waals surface area contributed by atoms with Crippen molar-refractivity contribution in [3.05, 3.63) is 65.7 Å². The molecule has 0 saturated carbocycles. The van der Waals surface area contributed by atoms with Gasteiger partial charge in [-0.25, -0.2) is 0 Å². The average Bonchev–Trinajstić information content (AvgIpc) is 3.04. The monoisotopic (exact) mass is 249 g/mol. The summed E-state index contributed by atoms with van der Waals surface area (Å²) >= 11 is 0. The summed E-state index contributed by atoms with van der Waals surface area (Å²) in [6.07, 6.45) is 3.88. The summed E-state index contributed by atoms with van der Waals surface area (Å²) in [5.74, 6) is 0.682. The summed E-state index contributed by atoms with van der Waals surface area (Å²) in [5.41, 5.74) is 4.53. The molecule has 1 heteroatoms. The third-order valence-corrected chi connectivity index (χ3v) is 4.71. The van der Waals surface area contributed by atoms with E-state index in [1.165, 1.54) is 37.1 Å². The molecule has 2 aromatic rings. The highest BCUT2D eigenvalue weighted by atomic mass is 15.2. The van der Waals surface area contributed by atoms with Crippen LogP contribution in [0.5, 0.6) is 0 Å². The molecule has 0 unspecified atom stereocenters. The Hall–Kier alpha value is -1.76. The van der Waals surface area contributed by atoms with Gasteiger partial charge >= 0.3 is 0 Å². The van der Waals surface area contributed by atoms with E-state index < -0.39 is 0 Å². The Morgan fingerprint density at radius 1 is 0.947 bits per heavy atom. The van der Waals surface area contributed by atoms with Crippen LogP contribution in [-0.2, 0) is 6.42 Å². The van der Waals surface area contributed by atoms with Crippen molar-refractivity contribution in [2.24, 2.45) is 0 Å². The summed E-state index contributed by atoms with van der Waals surface area (Å²) < 4.78 is 0. The maximum Gasteiger partial charge on any atom is 0.0405 e. The number of hydrogen-bond donors (Lipinski definition) is 0. The maximum atomic E-state index is 2.64. The third kappa shape index (κ3) is 1.76. The van der Waals surface area contributed by atoms with Gasteiger partial charge < -0.3 is 4.90 Å². The zero-order valence-electron chi connectivity index (χ0n) is 11.1. The average molecular weight is 249 g/mol. The lowest BCUT2D eigenvalue weighted by molar-refractivity contribution is 0.561. The van der Waals surface area contributed by atoms with Gasteiger partial charge in [0.1, 0.15) is 0 Å². The first-order chi connectivity index (χ1) is 9.43. The van der Waals surface area contributed by atoms with Crippen LogP contribution in [0.4, 0.5) is 5.69 Å². The Morgan fingerprint density at radius 2 is 1.74 bits per heavy atom. The SMILES string of the molecule is c1ccc(C[C@H]2c3ccccc3N3CCC[C@H]23)cc1. The van der Waals surface area contributed by atoms with Crippen LogP contribution in [-0.4, -0.2) is 12.6 Å². The summed E-state index contributed by atoms with van der Waals surface area (Å²) in [7, 11) is 0. The van der Waals surface area contributed by atoms with Crippen LogP contribution < -0.4 is 4.90 Å². The van der Waals surface area contributed by atoms with E-state index in [9.17, 15) is 0 Å². The first kappa shape index (κ1) is 11.1. The van der Waals surface area contributed by atoms with Gasteiger partial charge in [-0.05, 0) is 36.5 Å². The van der Waals surface area contributed by atoms with Gasteiger partial charge in [0.05, 0.1) is 0 Å². The van der Waals surface area contributed by atoms with E-state index in [-0.39, 0.29) is 0 Å². The molecule has 2 heterocycles. The fraction of sp³-hybridized carbons (Fsp3) is 0.333. The fourth-order valence-corrected chi connectivity index (χ4v) is 3.89. The van der Waals surface area contributed by atoms with Crippen LogP contribution in [0.15, 0.2) is 54.6 Å². The molecule has 0 aliphatic carbocycles. The Kier molecular flexibility index (Phi) is 2.58. The standard InChI is InChI=1S/C18H19N/c1-2-7-14(8-3-1)13-16-15-9-4-5-10-17(15)19-12-6-11-18(16)19/h1-5,7-10,16,18H,6,11-13H2/t16-,18+/m0/s1. The van der Waals surface area contributed by atoms with E-state index in [4.69, 9.17) is 0 Å². The quantitative estimate of drug-likeness (QED) is 0.777. The van der Waals surface area contributed by atoms with Crippen LogP contribution in [0.1, 0.15) is 29.9 Å². The molecule has 0 N–H and O–H groups in total. The topological polar surface area (TPSA) is 3.24 Å². The zero-order chi connectivity index (χ0) is 12.7. The lowest BCUT2D eigenvalue weighted by Gasteiger charge is -2.22. The second kappa shape index (κ2) is 4.41. The molecule has 2 aromatic carbocycles. The van der Waals surface area contributed by atoms with Crippen molar-refractivity contribution in [2.45, 2.75) is 31.2 Å². The summed E-state index contributed by atoms with van der Waals surface area (Å²) in [5, 5.41) is 0. The second-order valence-electron chi connectivity index (χ2n) is 5.76. The second-order valence-corrected chi connectivity index (χ2v) is 5.76. The molecule has 1 fully saturated rings. The van der Waals surface area contributed by atoms with Gasteiger partial charge in [-0.3, -0.25) is 0 Å². The van der Waals surface area contributed by atoms with Gasteiger partial charge in [0, 0.05) is 24.2 Å². The van der Waals surface area contributed by atoms with E-state index in [2.05, 4.69) is 59.5 Å². The van der Waals surface area contributed by atoms with Crippen LogP contribution in [0.2, 0.25) is 0 Å². The van der Waals surface area contributed by atoms with Crippen molar-refractivity contribution >= 4 is 5.69 Å². The number of hydrogen-bond acceptors (Lipinski definition) is 1. The highest BCUT2D eigenvalue weighted by Gasteiger charge is 2.40. The highest BCUT2D eigenvalue weighted by molar-refractivity contribution is 5.63. The Bertz CT molecular complexity index is 575. The summed E-state index contributed by atoms with van der Waals surface area (Å²) in [6.45, 7) is 1.24. The maximum absolute atomic E-state index is 2.64. The molecular formula is C18H19N. The van der Waals surface area contributed by atoms with E-state index in [1.807, 2.05) is 0 Å². The number of fused-ring (bicyclic) bond motifs is 3. The van der Waals surface area contributed by atoms with Gasteiger partial charge in [0.25, 0.3) is 0 Å². The van der Waals surface area contributed by atoms with Crippen molar-refractivity contribution in [1.82, 2.24) is 0 Å². The molecular weight excluding hydrogens is 230 g/mol. The molecule has 0 amide bonds. The molecule has 2 aliphatic heterocycles. The van der Waals surface area contributed by atoms with E-state index in [0.717, 1.165) is 6.04 Å². The molecule has 19 heavy (non-hydrogen) atoms. The number of rotatable bonds is 2. The van der Waals surface area contributed by atoms with E-state index in [0.29, 0.717) is 5.92 Å². The normalized spacial score (nSPS) is 24.3. The van der Waals surface area contributed by atoms with Gasteiger partial charge in [0.2, 0.25) is 0 Å². The van der Waals surface area contributed by atoms with E-state index >= 15 is 0 Å². The van der Waals surface area contributed by atoms with Gasteiger partial charge in [0.15, 0.2) is 0 Å². The molecule has 0 aromatic heterocycles. The molecule has 0 bridgehead atoms. The van der Waals surface area contributed by atoms with Crippen LogP contribution in [0.3, 0.4) is 0 Å². The first-order valence-electron chi connectivity index (χ1n) is 7.33. The molecule has 2 aliphatic rings. The third-order valence-electron chi connectivity index (χ3n) is 4.71. The Morgan fingerprint density at radius 3 is 2.63 bits per heavy atom. The first-order valence-corrected chi connectivity index (χ1v) is 7.33.